The molecule has 2 aromatic rings. The molecule has 0 aromatic heterocycles. The molecule has 0 aliphatic carbocycles. The molecule has 1 aliphatic heterocycles. The van der Waals surface area contributed by atoms with E-state index in [1.54, 1.807) is 24.3 Å². The first kappa shape index (κ1) is 20.9. The lowest BCUT2D eigenvalue weighted by molar-refractivity contribution is 0.102. The van der Waals surface area contributed by atoms with Gasteiger partial charge in [0.15, 0.2) is 0 Å². The molecule has 1 aliphatic rings. The summed E-state index contributed by atoms with van der Waals surface area (Å²) in [6.45, 7) is 6.91. The maximum atomic E-state index is 12.5. The largest absolute Gasteiger partial charge is 0.378 e. The molecule has 2 aromatic carbocycles. The molecule has 1 amide bonds. The van der Waals surface area contributed by atoms with Gasteiger partial charge in [-0.25, -0.2) is 8.42 Å². The Kier molecular flexibility index (Phi) is 6.56. The molecule has 0 spiro atoms. The van der Waals surface area contributed by atoms with E-state index < -0.39 is 10.0 Å². The van der Waals surface area contributed by atoms with Gasteiger partial charge in [-0.3, -0.25) is 9.10 Å². The van der Waals surface area contributed by atoms with Gasteiger partial charge in [0.05, 0.1) is 31.7 Å². The first-order valence-electron chi connectivity index (χ1n) is 9.31. The highest BCUT2D eigenvalue weighted by atomic mass is 32.2. The number of anilines is 3. The van der Waals surface area contributed by atoms with Crippen LogP contribution in [0.2, 0.25) is 0 Å². The van der Waals surface area contributed by atoms with Gasteiger partial charge >= 0.3 is 0 Å². The molecule has 1 N–H and O–H groups in total. The molecule has 29 heavy (non-hydrogen) atoms. The molecule has 0 unspecified atom stereocenters. The van der Waals surface area contributed by atoms with Crippen molar-refractivity contribution in [1.82, 2.24) is 0 Å². The highest BCUT2D eigenvalue weighted by Gasteiger charge is 2.16. The highest BCUT2D eigenvalue weighted by molar-refractivity contribution is 7.92. The van der Waals surface area contributed by atoms with E-state index in [0.29, 0.717) is 16.9 Å². The van der Waals surface area contributed by atoms with Crippen molar-refractivity contribution < 1.29 is 17.9 Å². The number of rotatable bonds is 7. The number of hydrogen-bond donors (Lipinski definition) is 1. The number of benzene rings is 2. The van der Waals surface area contributed by atoms with Gasteiger partial charge in [-0.15, -0.1) is 6.58 Å². The van der Waals surface area contributed by atoms with Crippen LogP contribution in [0, 0.1) is 0 Å². The third kappa shape index (κ3) is 5.36. The van der Waals surface area contributed by atoms with Crippen LogP contribution >= 0.6 is 0 Å². The Morgan fingerprint density at radius 2 is 1.76 bits per heavy atom. The van der Waals surface area contributed by atoms with E-state index in [4.69, 9.17) is 4.74 Å². The maximum Gasteiger partial charge on any atom is 0.255 e. The summed E-state index contributed by atoms with van der Waals surface area (Å²) in [4.78, 5) is 14.8. The van der Waals surface area contributed by atoms with Gasteiger partial charge in [0.25, 0.3) is 5.91 Å². The van der Waals surface area contributed by atoms with Crippen molar-refractivity contribution in [3.8, 4) is 0 Å². The lowest BCUT2D eigenvalue weighted by Gasteiger charge is -2.28. The first-order chi connectivity index (χ1) is 13.9. The van der Waals surface area contributed by atoms with Gasteiger partial charge in [-0.05, 0) is 48.5 Å². The second kappa shape index (κ2) is 9.11. The summed E-state index contributed by atoms with van der Waals surface area (Å²) in [5.74, 6) is -0.259. The number of sulfonamides is 1. The van der Waals surface area contributed by atoms with Crippen LogP contribution in [-0.2, 0) is 14.8 Å². The molecule has 7 nitrogen and oxygen atoms in total. The van der Waals surface area contributed by atoms with Crippen molar-refractivity contribution in [1.29, 1.82) is 0 Å². The second-order valence-corrected chi connectivity index (χ2v) is 8.64. The molecule has 1 heterocycles. The monoisotopic (exact) mass is 415 g/mol. The van der Waals surface area contributed by atoms with Gasteiger partial charge in [-0.2, -0.15) is 0 Å². The van der Waals surface area contributed by atoms with Gasteiger partial charge < -0.3 is 15.0 Å². The fourth-order valence-corrected chi connectivity index (χ4v) is 3.99. The summed E-state index contributed by atoms with van der Waals surface area (Å²) in [6, 6.07) is 14.1. The van der Waals surface area contributed by atoms with Gasteiger partial charge in [-0.1, -0.05) is 6.08 Å². The Morgan fingerprint density at radius 3 is 2.31 bits per heavy atom. The van der Waals surface area contributed by atoms with Crippen molar-refractivity contribution in [3.05, 3.63) is 66.7 Å². The zero-order valence-corrected chi connectivity index (χ0v) is 17.2. The number of hydrogen-bond acceptors (Lipinski definition) is 5. The molecule has 0 atom stereocenters. The van der Waals surface area contributed by atoms with E-state index in [0.717, 1.165) is 38.2 Å². The minimum absolute atomic E-state index is 0.167. The average Bonchev–Trinajstić information content (AvgIpc) is 2.72. The van der Waals surface area contributed by atoms with Crippen LogP contribution < -0.4 is 14.5 Å². The Balaban J connectivity index is 1.66. The van der Waals surface area contributed by atoms with E-state index in [1.165, 1.54) is 10.4 Å². The molecule has 1 fully saturated rings. The molecule has 8 heteroatoms. The minimum atomic E-state index is -3.43. The molecule has 154 valence electrons. The third-order valence-corrected chi connectivity index (χ3v) is 5.77. The molecule has 0 bridgehead atoms. The summed E-state index contributed by atoms with van der Waals surface area (Å²) in [6.07, 6.45) is 2.65. The number of carbonyl (C=O) groups excluding carboxylic acids is 1. The van der Waals surface area contributed by atoms with Crippen molar-refractivity contribution in [2.75, 3.05) is 53.6 Å². The summed E-state index contributed by atoms with van der Waals surface area (Å²) in [5, 5.41) is 2.86. The van der Waals surface area contributed by atoms with Gasteiger partial charge in [0, 0.05) is 30.0 Å². The Hall–Kier alpha value is -2.84. The van der Waals surface area contributed by atoms with Gasteiger partial charge in [0.1, 0.15) is 0 Å². The van der Waals surface area contributed by atoms with Crippen LogP contribution in [0.15, 0.2) is 61.2 Å². The second-order valence-electron chi connectivity index (χ2n) is 6.73. The Morgan fingerprint density at radius 1 is 1.14 bits per heavy atom. The zero-order chi connectivity index (χ0) is 20.9. The normalized spacial score (nSPS) is 14.3. The number of nitrogens with one attached hydrogen (secondary N) is 1. The maximum absolute atomic E-state index is 12.5. The van der Waals surface area contributed by atoms with Crippen LogP contribution in [0.3, 0.4) is 0 Å². The van der Waals surface area contributed by atoms with Crippen molar-refractivity contribution in [2.24, 2.45) is 0 Å². The van der Waals surface area contributed by atoms with Crippen molar-refractivity contribution >= 4 is 33.0 Å². The van der Waals surface area contributed by atoms with Gasteiger partial charge in [0.2, 0.25) is 10.0 Å². The number of amides is 1. The lowest BCUT2D eigenvalue weighted by atomic mass is 10.2. The van der Waals surface area contributed by atoms with Crippen molar-refractivity contribution in [3.63, 3.8) is 0 Å². The number of nitrogens with zero attached hydrogens (tertiary/aromatic N) is 2. The van der Waals surface area contributed by atoms with Crippen LogP contribution in [0.25, 0.3) is 0 Å². The topological polar surface area (TPSA) is 79.0 Å². The number of morpholine rings is 1. The smallest absolute Gasteiger partial charge is 0.255 e. The average molecular weight is 416 g/mol. The van der Waals surface area contributed by atoms with Crippen LogP contribution in [0.5, 0.6) is 0 Å². The van der Waals surface area contributed by atoms with E-state index in [9.17, 15) is 13.2 Å². The molecule has 0 radical (unpaired) electrons. The SMILES string of the molecule is C=CCN(c1ccc(C(=O)Nc2ccc(N3CCOCC3)cc2)cc1)S(C)(=O)=O. The number of carbonyl (C=O) groups is 1. The van der Waals surface area contributed by atoms with Crippen LogP contribution in [0.4, 0.5) is 17.1 Å². The Bertz CT molecular complexity index is 950. The Labute approximate surface area is 171 Å². The summed E-state index contributed by atoms with van der Waals surface area (Å²) in [5.41, 5.74) is 2.72. The van der Waals surface area contributed by atoms with E-state index in [2.05, 4.69) is 16.8 Å². The predicted octanol–water partition coefficient (Wildman–Crippen LogP) is 2.73. The fourth-order valence-electron chi connectivity index (χ4n) is 3.11. The lowest BCUT2D eigenvalue weighted by Crippen LogP contribution is -2.36. The van der Waals surface area contributed by atoms with E-state index in [-0.39, 0.29) is 12.5 Å². The molecular formula is C21H25N3O4S. The number of ether oxygens (including phenoxy) is 1. The molecule has 1 saturated heterocycles. The minimum Gasteiger partial charge on any atom is -0.378 e. The zero-order valence-electron chi connectivity index (χ0n) is 16.4. The third-order valence-electron chi connectivity index (χ3n) is 4.61. The van der Waals surface area contributed by atoms with E-state index in [1.807, 2.05) is 24.3 Å². The summed E-state index contributed by atoms with van der Waals surface area (Å²) < 4.78 is 30.4. The standard InChI is InChI=1S/C21H25N3O4S/c1-3-12-24(29(2,26)27)20-8-4-17(5-9-20)21(25)22-18-6-10-19(11-7-18)23-13-15-28-16-14-23/h3-11H,1,12-16H2,2H3,(H,22,25). The van der Waals surface area contributed by atoms with Crippen molar-refractivity contribution in [2.45, 2.75) is 0 Å². The highest BCUT2D eigenvalue weighted by Crippen LogP contribution is 2.21. The van der Waals surface area contributed by atoms with Crippen LogP contribution in [0.1, 0.15) is 10.4 Å². The first-order valence-corrected chi connectivity index (χ1v) is 11.2. The predicted molar refractivity (Wildman–Crippen MR) is 116 cm³/mol. The van der Waals surface area contributed by atoms with Crippen LogP contribution in [-0.4, -0.2) is 53.4 Å². The summed E-state index contributed by atoms with van der Waals surface area (Å²) >= 11 is 0. The quantitative estimate of drug-likeness (QED) is 0.704. The molecule has 0 saturated carbocycles. The summed E-state index contributed by atoms with van der Waals surface area (Å²) in [7, 11) is -3.43. The molecular weight excluding hydrogens is 390 g/mol. The van der Waals surface area contributed by atoms with E-state index >= 15 is 0 Å². The fraction of sp³-hybridized carbons (Fsp3) is 0.286. The molecule has 3 rings (SSSR count).